The molecule has 0 bridgehead atoms. The van der Waals surface area contributed by atoms with Crippen LogP contribution in [0.15, 0.2) is 53.6 Å². The molecule has 1 unspecified atom stereocenters. The van der Waals surface area contributed by atoms with E-state index in [4.69, 9.17) is 10.6 Å². The number of tetrazole rings is 1. The number of nitrogen functional groups attached to an aromatic ring is 1. The maximum Gasteiger partial charge on any atom is 0.352 e. The second-order valence-corrected chi connectivity index (χ2v) is 9.98. The number of aromatic nitrogens is 7. The van der Waals surface area contributed by atoms with Crippen molar-refractivity contribution in [2.24, 2.45) is 5.16 Å². The third kappa shape index (κ3) is 5.18. The Morgan fingerprint density at radius 3 is 2.85 bits per heavy atom. The summed E-state index contributed by atoms with van der Waals surface area (Å²) in [5.74, 6) is -1.87. The number of hydrogen-bond acceptors (Lipinski definition) is 13. The Bertz CT molecular complexity index is 1490. The van der Waals surface area contributed by atoms with Crippen molar-refractivity contribution in [1.29, 1.82) is 0 Å². The van der Waals surface area contributed by atoms with E-state index in [1.165, 1.54) is 22.7 Å². The number of H-pyrrole nitrogens is 1. The van der Waals surface area contributed by atoms with Crippen molar-refractivity contribution in [1.82, 2.24) is 40.2 Å². The molecule has 39 heavy (non-hydrogen) atoms. The fourth-order valence-electron chi connectivity index (χ4n) is 3.90. The smallest absolute Gasteiger partial charge is 0.352 e. The molecule has 3 aromatic heterocycles. The van der Waals surface area contributed by atoms with Crippen LogP contribution in [0.2, 0.25) is 0 Å². The van der Waals surface area contributed by atoms with Crippen molar-refractivity contribution in [2.75, 3.05) is 18.1 Å². The predicted molar refractivity (Wildman–Crippen MR) is 137 cm³/mol. The Hall–Kier alpha value is -4.71. The number of rotatable bonds is 10. The molecule has 5 rings (SSSR count). The summed E-state index contributed by atoms with van der Waals surface area (Å²) < 4.78 is 5.76. The number of β-lactam (4-membered cyclic amide) rings is 1. The summed E-state index contributed by atoms with van der Waals surface area (Å²) in [5.41, 5.74) is 6.52. The lowest BCUT2D eigenvalue weighted by molar-refractivity contribution is -0.689. The van der Waals surface area contributed by atoms with Gasteiger partial charge in [0.1, 0.15) is 23.7 Å². The monoisotopic (exact) mass is 570 g/mol. The number of carboxylic acids is 1. The van der Waals surface area contributed by atoms with Crippen molar-refractivity contribution < 1.29 is 28.9 Å². The number of hydrogen-bond donors (Lipinski definition) is 4. The minimum Gasteiger partial charge on any atom is -0.477 e. The highest BCUT2D eigenvalue weighted by atomic mass is 32.2. The molecule has 2 aliphatic rings. The van der Waals surface area contributed by atoms with E-state index < -0.39 is 29.2 Å². The second kappa shape index (κ2) is 11.0. The quantitative estimate of drug-likeness (QED) is 0.0572. The number of pyridine rings is 1. The maximum atomic E-state index is 13.1. The Morgan fingerprint density at radius 2 is 2.21 bits per heavy atom. The van der Waals surface area contributed by atoms with Gasteiger partial charge in [0.15, 0.2) is 24.1 Å². The number of thioether (sulfide) groups is 1. The van der Waals surface area contributed by atoms with Crippen molar-refractivity contribution in [3.63, 3.8) is 0 Å². The first-order valence-corrected chi connectivity index (χ1v) is 13.0. The minimum atomic E-state index is -1.24. The van der Waals surface area contributed by atoms with E-state index in [2.05, 4.69) is 47.0 Å². The number of amides is 2. The number of aromatic amines is 1. The highest BCUT2D eigenvalue weighted by molar-refractivity contribution is 8.00. The van der Waals surface area contributed by atoms with Crippen molar-refractivity contribution in [3.05, 3.63) is 54.3 Å². The SMILES string of the molecule is C=CCON=C(C(=O)NC1C(=O)N2C(C(=O)O)=C(C[n+]3ccc(-c4nn[nH]n4)cc3)CS[C@@H]12)c1nsc(N)n1. The van der Waals surface area contributed by atoms with Gasteiger partial charge in [-0.1, -0.05) is 17.8 Å². The van der Waals surface area contributed by atoms with Gasteiger partial charge in [0.2, 0.25) is 17.4 Å². The molecule has 200 valence electrons. The number of fused-ring (bicyclic) bond motifs is 1. The number of carbonyl (C=O) groups is 3. The molecule has 0 radical (unpaired) electrons. The van der Waals surface area contributed by atoms with Gasteiger partial charge in [-0.2, -0.15) is 14.6 Å². The Balaban J connectivity index is 1.32. The average molecular weight is 571 g/mol. The molecule has 0 aromatic carbocycles. The van der Waals surface area contributed by atoms with Crippen LogP contribution >= 0.6 is 23.3 Å². The lowest BCUT2D eigenvalue weighted by Gasteiger charge is -2.49. The largest absolute Gasteiger partial charge is 0.477 e. The first-order valence-electron chi connectivity index (χ1n) is 11.2. The van der Waals surface area contributed by atoms with Crippen LogP contribution in [-0.2, 0) is 25.8 Å². The molecule has 18 heteroatoms. The van der Waals surface area contributed by atoms with Crippen LogP contribution < -0.4 is 15.6 Å². The van der Waals surface area contributed by atoms with E-state index in [-0.39, 0.29) is 35.5 Å². The summed E-state index contributed by atoms with van der Waals surface area (Å²) >= 11 is 2.21. The van der Waals surface area contributed by atoms with E-state index in [1.54, 1.807) is 29.1 Å². The fourth-order valence-corrected chi connectivity index (χ4v) is 5.67. The standard InChI is InChI=1S/C21H19N11O5S2/c1-2-7-37-27-12(16-24-21(22)39-28-16)17(33)23-13-18(34)32-14(20(35)36)11(9-38-19(13)32)8-31-5-3-10(4-6-31)15-25-29-30-26-15/h2-6,13,19H,1,7-9H2,(H4,22,23,24,28,33,35,36)/p+1/t13?,19-/m0/s1. The number of nitrogens with one attached hydrogen (secondary N) is 2. The number of anilines is 1. The summed E-state index contributed by atoms with van der Waals surface area (Å²) in [6, 6.07) is 2.56. The number of nitrogens with zero attached hydrogens (tertiary/aromatic N) is 8. The number of aliphatic carboxylic acids is 1. The van der Waals surface area contributed by atoms with Gasteiger partial charge >= 0.3 is 5.97 Å². The zero-order valence-electron chi connectivity index (χ0n) is 19.9. The minimum absolute atomic E-state index is 0.0262. The molecular formula is C21H20N11O5S2+. The molecule has 2 atom stereocenters. The molecule has 1 fully saturated rings. The number of carboxylic acid groups (broad SMARTS) is 1. The van der Waals surface area contributed by atoms with E-state index in [0.29, 0.717) is 17.2 Å². The molecule has 0 aliphatic carbocycles. The predicted octanol–water partition coefficient (Wildman–Crippen LogP) is -1.07. The lowest BCUT2D eigenvalue weighted by Crippen LogP contribution is -2.71. The number of nitrogens with two attached hydrogens (primary N) is 1. The van der Waals surface area contributed by atoms with Crippen LogP contribution in [0.4, 0.5) is 5.13 Å². The molecule has 1 saturated heterocycles. The van der Waals surface area contributed by atoms with Gasteiger partial charge in [-0.3, -0.25) is 14.5 Å². The second-order valence-electron chi connectivity index (χ2n) is 8.09. The van der Waals surface area contributed by atoms with Gasteiger partial charge < -0.3 is 21.0 Å². The van der Waals surface area contributed by atoms with Gasteiger partial charge in [-0.05, 0) is 5.21 Å². The van der Waals surface area contributed by atoms with Crippen molar-refractivity contribution in [3.8, 4) is 11.4 Å². The van der Waals surface area contributed by atoms with Crippen LogP contribution in [-0.4, -0.2) is 87.3 Å². The Morgan fingerprint density at radius 1 is 1.41 bits per heavy atom. The average Bonchev–Trinajstić information content (AvgIpc) is 3.62. The van der Waals surface area contributed by atoms with Gasteiger partial charge in [0, 0.05) is 40.6 Å². The highest BCUT2D eigenvalue weighted by Gasteiger charge is 2.54. The summed E-state index contributed by atoms with van der Waals surface area (Å²) in [7, 11) is 0. The van der Waals surface area contributed by atoms with Crippen LogP contribution in [0.5, 0.6) is 0 Å². The summed E-state index contributed by atoms with van der Waals surface area (Å²) in [6.07, 6.45) is 4.95. The summed E-state index contributed by atoms with van der Waals surface area (Å²) in [5, 5.41) is 29.6. The highest BCUT2D eigenvalue weighted by Crippen LogP contribution is 2.40. The van der Waals surface area contributed by atoms with Crippen molar-refractivity contribution in [2.45, 2.75) is 18.0 Å². The fraction of sp³-hybridized carbons (Fsp3) is 0.238. The molecule has 5 heterocycles. The molecule has 16 nitrogen and oxygen atoms in total. The van der Waals surface area contributed by atoms with Gasteiger partial charge in [-0.25, -0.2) is 9.36 Å². The van der Waals surface area contributed by atoms with Crippen LogP contribution in [0.25, 0.3) is 11.4 Å². The third-order valence-corrected chi connectivity index (χ3v) is 7.50. The first kappa shape index (κ1) is 25.9. The van der Waals surface area contributed by atoms with E-state index in [0.717, 1.165) is 17.1 Å². The molecular weight excluding hydrogens is 550 g/mol. The number of carbonyl (C=O) groups excluding carboxylic acids is 2. The summed E-state index contributed by atoms with van der Waals surface area (Å²) in [4.78, 5) is 48.5. The topological polar surface area (TPSA) is 218 Å². The Kier molecular flexibility index (Phi) is 7.28. The number of oxime groups is 1. The first-order chi connectivity index (χ1) is 18.9. The van der Waals surface area contributed by atoms with Gasteiger partial charge in [0.25, 0.3) is 11.8 Å². The molecule has 3 aromatic rings. The van der Waals surface area contributed by atoms with E-state index >= 15 is 0 Å². The van der Waals surface area contributed by atoms with Crippen molar-refractivity contribution >= 4 is 51.9 Å². The van der Waals surface area contributed by atoms with E-state index in [9.17, 15) is 19.5 Å². The maximum absolute atomic E-state index is 13.1. The van der Waals surface area contributed by atoms with Crippen LogP contribution in [0.1, 0.15) is 5.82 Å². The van der Waals surface area contributed by atoms with Gasteiger partial charge in [-0.15, -0.1) is 22.0 Å². The lowest BCUT2D eigenvalue weighted by atomic mass is 10.0. The molecule has 5 N–H and O–H groups in total. The Labute approximate surface area is 227 Å². The van der Waals surface area contributed by atoms with Crippen LogP contribution in [0.3, 0.4) is 0 Å². The van der Waals surface area contributed by atoms with E-state index in [1.807, 2.05) is 0 Å². The molecule has 2 aliphatic heterocycles. The third-order valence-electron chi connectivity index (χ3n) is 5.62. The normalized spacial score (nSPS) is 18.8. The zero-order valence-corrected chi connectivity index (χ0v) is 21.6. The molecule has 0 saturated carbocycles. The zero-order chi connectivity index (χ0) is 27.5. The molecule has 2 amide bonds. The molecule has 0 spiro atoms. The van der Waals surface area contributed by atoms with Gasteiger partial charge in [0.05, 0.1) is 0 Å². The van der Waals surface area contributed by atoms with Crippen LogP contribution in [0, 0.1) is 0 Å². The summed E-state index contributed by atoms with van der Waals surface area (Å²) in [6.45, 7) is 3.78.